The first-order valence-corrected chi connectivity index (χ1v) is 0.732. The molecular formula is C3H6F2. The molecule has 0 unspecified atom stereocenters. The Morgan fingerprint density at radius 3 is 1.40 bits per heavy atom. The van der Waals surface area contributed by atoms with E-state index in [0.29, 0.717) is 0 Å². The van der Waals surface area contributed by atoms with Crippen LogP contribution in [0.4, 0.5) is 8.78 Å². The van der Waals surface area contributed by atoms with Crippen LogP contribution in [0, 0.1) is 0 Å². The molecule has 0 aliphatic carbocycles. The van der Waals surface area contributed by atoms with Crippen LogP contribution >= 0.6 is 0 Å². The van der Waals surface area contributed by atoms with Crippen molar-refractivity contribution >= 4 is 0 Å². The first-order valence-electron chi connectivity index (χ1n) is 0.732. The molecule has 0 nitrogen and oxygen atoms in total. The van der Waals surface area contributed by atoms with Gasteiger partial charge in [0.2, 0.25) is 0 Å². The Hall–Kier alpha value is -0.400. The summed E-state index contributed by atoms with van der Waals surface area (Å²) in [7, 11) is 0. The van der Waals surface area contributed by atoms with Gasteiger partial charge in [0.1, 0.15) is 0 Å². The van der Waals surface area contributed by atoms with Crippen molar-refractivity contribution in [3.63, 3.8) is 0 Å². The van der Waals surface area contributed by atoms with E-state index < -0.39 is 6.08 Å². The van der Waals surface area contributed by atoms with Gasteiger partial charge in [0.05, 0.1) is 0 Å². The van der Waals surface area contributed by atoms with Crippen LogP contribution in [0.3, 0.4) is 0 Å². The van der Waals surface area contributed by atoms with E-state index in [1.807, 2.05) is 0 Å². The lowest BCUT2D eigenvalue weighted by molar-refractivity contribution is 0.426. The molecule has 0 saturated carbocycles. The molecular weight excluding hydrogens is 74.0 g/mol. The molecule has 5 heavy (non-hydrogen) atoms. The fourth-order valence-electron chi connectivity index (χ4n) is 0. The number of hydrogen-bond donors (Lipinski definition) is 0. The molecule has 32 valence electrons. The van der Waals surface area contributed by atoms with Crippen LogP contribution in [0.15, 0.2) is 12.7 Å². The molecule has 0 saturated heterocycles. The third-order valence-electron chi connectivity index (χ3n) is 0. The van der Waals surface area contributed by atoms with Gasteiger partial charge >= 0.3 is 0 Å². The highest BCUT2D eigenvalue weighted by Crippen LogP contribution is 1.85. The Kier molecular flexibility index (Phi) is 6.35. The van der Waals surface area contributed by atoms with Crippen molar-refractivity contribution < 1.29 is 8.78 Å². The van der Waals surface area contributed by atoms with Gasteiger partial charge in [-0.05, 0) is 6.58 Å². The maximum absolute atomic E-state index is 10.1. The average molecular weight is 80.1 g/mol. The molecule has 2 heteroatoms. The minimum atomic E-state index is -1.83. The second-order valence-electron chi connectivity index (χ2n) is 0.339. The molecule has 0 aromatic heterocycles. The maximum atomic E-state index is 10.1. The first-order chi connectivity index (χ1) is 1.73. The fraction of sp³-hybridized carbons (Fsp3) is 0.333. The molecule has 0 aliphatic heterocycles. The molecule has 0 radical (unpaired) electrons. The van der Waals surface area contributed by atoms with Crippen LogP contribution in [0.5, 0.6) is 0 Å². The van der Waals surface area contributed by atoms with Crippen molar-refractivity contribution in [2.45, 2.75) is 7.43 Å². The number of hydrogen-bond acceptors (Lipinski definition) is 0. The van der Waals surface area contributed by atoms with Crippen molar-refractivity contribution in [2.24, 2.45) is 0 Å². The van der Waals surface area contributed by atoms with Gasteiger partial charge in [-0.15, -0.1) is 0 Å². The van der Waals surface area contributed by atoms with Gasteiger partial charge in [-0.3, -0.25) is 0 Å². The summed E-state index contributed by atoms with van der Waals surface area (Å²) in [4.78, 5) is 0. The third-order valence-corrected chi connectivity index (χ3v) is 0. The Balaban J connectivity index is 0. The molecule has 0 N–H and O–H groups in total. The standard InChI is InChI=1S/C2H2F2.CH4/c1-2(3)4;/h1H2;1H4. The summed E-state index contributed by atoms with van der Waals surface area (Å²) in [6, 6.07) is 0. The lowest BCUT2D eigenvalue weighted by Crippen LogP contribution is -1.33. The van der Waals surface area contributed by atoms with Crippen LogP contribution in [-0.2, 0) is 0 Å². The van der Waals surface area contributed by atoms with Crippen LogP contribution in [-0.4, -0.2) is 0 Å². The molecule has 0 fully saturated rings. The zero-order valence-corrected chi connectivity index (χ0v) is 1.96. The summed E-state index contributed by atoms with van der Waals surface area (Å²) in [6.07, 6.45) is -1.83. The normalized spacial score (nSPS) is 5.20. The average Bonchev–Trinajstić information content (AvgIpc) is 0.811. The molecule has 0 aliphatic rings. The smallest absolute Gasteiger partial charge is 0.174 e. The van der Waals surface area contributed by atoms with Crippen LogP contribution in [0.25, 0.3) is 0 Å². The molecule has 0 rings (SSSR count). The monoisotopic (exact) mass is 80.0 g/mol. The van der Waals surface area contributed by atoms with E-state index in [9.17, 15) is 8.78 Å². The lowest BCUT2D eigenvalue weighted by Gasteiger charge is -1.54. The van der Waals surface area contributed by atoms with E-state index in [-0.39, 0.29) is 7.43 Å². The van der Waals surface area contributed by atoms with Gasteiger partial charge in [0, 0.05) is 0 Å². The quantitative estimate of drug-likeness (QED) is 0.417. The van der Waals surface area contributed by atoms with Crippen LogP contribution in [0.1, 0.15) is 7.43 Å². The topological polar surface area (TPSA) is 0 Å². The highest BCUT2D eigenvalue weighted by atomic mass is 19.3. The van der Waals surface area contributed by atoms with Crippen molar-refractivity contribution in [1.29, 1.82) is 0 Å². The first kappa shape index (κ1) is 8.82. The second-order valence-corrected chi connectivity index (χ2v) is 0.339. The lowest BCUT2D eigenvalue weighted by atomic mass is 11.2. The van der Waals surface area contributed by atoms with E-state index in [1.165, 1.54) is 0 Å². The van der Waals surface area contributed by atoms with E-state index in [2.05, 4.69) is 6.58 Å². The summed E-state index contributed by atoms with van der Waals surface area (Å²) in [5.41, 5.74) is 0. The summed E-state index contributed by atoms with van der Waals surface area (Å²) in [5.74, 6) is 0. The van der Waals surface area contributed by atoms with Gasteiger partial charge in [0.25, 0.3) is 6.08 Å². The van der Waals surface area contributed by atoms with Gasteiger partial charge in [-0.25, -0.2) is 0 Å². The third kappa shape index (κ3) is 57.6. The minimum Gasteiger partial charge on any atom is -0.174 e. The highest BCUT2D eigenvalue weighted by molar-refractivity contribution is 4.57. The van der Waals surface area contributed by atoms with E-state index in [4.69, 9.17) is 0 Å². The van der Waals surface area contributed by atoms with Crippen molar-refractivity contribution in [3.8, 4) is 0 Å². The Morgan fingerprint density at radius 1 is 1.40 bits per heavy atom. The van der Waals surface area contributed by atoms with Crippen molar-refractivity contribution in [3.05, 3.63) is 12.7 Å². The highest BCUT2D eigenvalue weighted by Gasteiger charge is 1.65. The number of halogens is 2. The van der Waals surface area contributed by atoms with Crippen molar-refractivity contribution in [1.82, 2.24) is 0 Å². The molecule has 0 atom stereocenters. The Bertz CT molecular complexity index is 27.9. The molecule has 0 heterocycles. The Labute approximate surface area is 30.1 Å². The zero-order chi connectivity index (χ0) is 3.58. The van der Waals surface area contributed by atoms with Gasteiger partial charge < -0.3 is 0 Å². The molecule has 0 spiro atoms. The van der Waals surface area contributed by atoms with E-state index in [0.717, 1.165) is 0 Å². The molecule has 0 bridgehead atoms. The summed E-state index contributed by atoms with van der Waals surface area (Å²) in [5, 5.41) is 0. The fourth-order valence-corrected chi connectivity index (χ4v) is 0. The summed E-state index contributed by atoms with van der Waals surface area (Å²) in [6.45, 7) is 2.22. The van der Waals surface area contributed by atoms with Crippen LogP contribution < -0.4 is 0 Å². The Morgan fingerprint density at radius 2 is 1.40 bits per heavy atom. The predicted octanol–water partition coefficient (Wildman–Crippen LogP) is 2.03. The molecule has 0 amide bonds. The number of rotatable bonds is 0. The predicted molar refractivity (Wildman–Crippen MR) is 18.1 cm³/mol. The van der Waals surface area contributed by atoms with E-state index >= 15 is 0 Å². The zero-order valence-electron chi connectivity index (χ0n) is 1.96. The van der Waals surface area contributed by atoms with E-state index in [1.54, 1.807) is 0 Å². The minimum absolute atomic E-state index is 0. The van der Waals surface area contributed by atoms with Gasteiger partial charge in [0.15, 0.2) is 0 Å². The summed E-state index contributed by atoms with van der Waals surface area (Å²) >= 11 is 0. The molecule has 0 aromatic carbocycles. The summed E-state index contributed by atoms with van der Waals surface area (Å²) < 4.78 is 20.3. The maximum Gasteiger partial charge on any atom is 0.263 e. The van der Waals surface area contributed by atoms with Crippen LogP contribution in [0.2, 0.25) is 0 Å². The largest absolute Gasteiger partial charge is 0.263 e. The van der Waals surface area contributed by atoms with Crippen molar-refractivity contribution in [2.75, 3.05) is 0 Å². The SMILES string of the molecule is C.C=C(F)F. The van der Waals surface area contributed by atoms with Gasteiger partial charge in [-0.2, -0.15) is 8.78 Å². The molecule has 0 aromatic rings. The van der Waals surface area contributed by atoms with Gasteiger partial charge in [-0.1, -0.05) is 7.43 Å². The second kappa shape index (κ2) is 3.60.